The summed E-state index contributed by atoms with van der Waals surface area (Å²) in [6.07, 6.45) is 0. The van der Waals surface area contributed by atoms with E-state index >= 15 is 0 Å². The molecule has 2 aromatic carbocycles. The Bertz CT molecular complexity index is 799. The Balaban J connectivity index is 1.74. The fraction of sp³-hybridized carbons (Fsp3) is 0.300. The van der Waals surface area contributed by atoms with Gasteiger partial charge in [-0.2, -0.15) is 11.8 Å². The minimum absolute atomic E-state index is 0.316. The maximum atomic E-state index is 11.8. The summed E-state index contributed by atoms with van der Waals surface area (Å²) in [5, 5.41) is 7.71. The fourth-order valence-corrected chi connectivity index (χ4v) is 3.70. The van der Waals surface area contributed by atoms with Crippen molar-refractivity contribution >= 4 is 52.3 Å². The molecule has 7 heteroatoms. The molecule has 0 saturated heterocycles. The lowest BCUT2D eigenvalue weighted by Gasteiger charge is -2.13. The first-order chi connectivity index (χ1) is 13.0. The van der Waals surface area contributed by atoms with E-state index in [1.54, 1.807) is 30.8 Å². The summed E-state index contributed by atoms with van der Waals surface area (Å²) in [6.45, 7) is 4.83. The molecule has 2 aromatic rings. The second-order valence-electron chi connectivity index (χ2n) is 5.78. The predicted molar refractivity (Wildman–Crippen MR) is 119 cm³/mol. The van der Waals surface area contributed by atoms with Gasteiger partial charge in [0.05, 0.1) is 12.2 Å². The maximum absolute atomic E-state index is 11.8. The molecule has 0 aliphatic heterocycles. The summed E-state index contributed by atoms with van der Waals surface area (Å²) in [6, 6.07) is 13.2. The fourth-order valence-electron chi connectivity index (χ4n) is 2.35. The summed E-state index contributed by atoms with van der Waals surface area (Å²) in [5.41, 5.74) is 3.47. The van der Waals surface area contributed by atoms with Crippen LogP contribution in [-0.4, -0.2) is 30.0 Å². The van der Waals surface area contributed by atoms with Crippen LogP contribution in [0.2, 0.25) is 5.02 Å². The second-order valence-corrected chi connectivity index (χ2v) is 7.70. The van der Waals surface area contributed by atoms with Crippen LogP contribution in [0.4, 0.5) is 5.69 Å². The number of ether oxygens (including phenoxy) is 1. The van der Waals surface area contributed by atoms with Gasteiger partial charge < -0.3 is 15.4 Å². The van der Waals surface area contributed by atoms with Crippen molar-refractivity contribution in [1.29, 1.82) is 0 Å². The average molecular weight is 423 g/mol. The van der Waals surface area contributed by atoms with Gasteiger partial charge in [0.15, 0.2) is 5.11 Å². The first kappa shape index (κ1) is 21.5. The first-order valence-electron chi connectivity index (χ1n) is 8.65. The third kappa shape index (κ3) is 7.05. The van der Waals surface area contributed by atoms with E-state index in [1.165, 1.54) is 0 Å². The molecule has 2 N–H and O–H groups in total. The third-order valence-corrected chi connectivity index (χ3v) is 5.36. The molecule has 0 spiro atoms. The van der Waals surface area contributed by atoms with E-state index in [9.17, 15) is 4.79 Å². The monoisotopic (exact) mass is 422 g/mol. The van der Waals surface area contributed by atoms with Crippen LogP contribution >= 0.6 is 35.6 Å². The minimum Gasteiger partial charge on any atom is -0.462 e. The predicted octanol–water partition coefficient (Wildman–Crippen LogP) is 5.04. The van der Waals surface area contributed by atoms with Crippen LogP contribution in [0.15, 0.2) is 42.5 Å². The van der Waals surface area contributed by atoms with Crippen molar-refractivity contribution in [1.82, 2.24) is 5.32 Å². The van der Waals surface area contributed by atoms with Crippen molar-refractivity contribution in [2.24, 2.45) is 0 Å². The molecule has 0 atom stereocenters. The summed E-state index contributed by atoms with van der Waals surface area (Å²) in [4.78, 5) is 11.8. The van der Waals surface area contributed by atoms with Crippen molar-refractivity contribution in [3.05, 3.63) is 64.2 Å². The van der Waals surface area contributed by atoms with Crippen molar-refractivity contribution < 1.29 is 9.53 Å². The molecule has 2 rings (SSSR count). The highest BCUT2D eigenvalue weighted by molar-refractivity contribution is 7.98. The van der Waals surface area contributed by atoms with Gasteiger partial charge in [-0.05, 0) is 61.5 Å². The molecule has 0 saturated carbocycles. The number of aryl methyl sites for hydroxylation is 1. The smallest absolute Gasteiger partial charge is 0.338 e. The molecular formula is C20H23ClN2O2S2. The molecule has 0 fully saturated rings. The standard InChI is InChI=1S/C20H23ClN2O2S2/c1-3-25-19(24)15-8-9-18(14(2)12-15)23-20(26)22-10-11-27-13-16-6-4-5-7-17(16)21/h4-9,12H,3,10-11,13H2,1-2H3,(H2,22,23,26). The van der Waals surface area contributed by atoms with Gasteiger partial charge in [-0.15, -0.1) is 0 Å². The van der Waals surface area contributed by atoms with Crippen LogP contribution in [0, 0.1) is 6.92 Å². The molecule has 4 nitrogen and oxygen atoms in total. The number of rotatable bonds is 8. The molecule has 0 radical (unpaired) electrons. The molecule has 0 aliphatic carbocycles. The van der Waals surface area contributed by atoms with Crippen LogP contribution in [-0.2, 0) is 10.5 Å². The van der Waals surface area contributed by atoms with Gasteiger partial charge in [-0.25, -0.2) is 4.79 Å². The average Bonchev–Trinajstić information content (AvgIpc) is 2.64. The van der Waals surface area contributed by atoms with E-state index in [0.29, 0.717) is 17.3 Å². The summed E-state index contributed by atoms with van der Waals surface area (Å²) in [5.74, 6) is 1.47. The van der Waals surface area contributed by atoms with Gasteiger partial charge in [0, 0.05) is 28.8 Å². The zero-order chi connectivity index (χ0) is 19.6. The van der Waals surface area contributed by atoms with Crippen LogP contribution < -0.4 is 10.6 Å². The zero-order valence-electron chi connectivity index (χ0n) is 15.4. The number of benzene rings is 2. The highest BCUT2D eigenvalue weighted by Gasteiger charge is 2.09. The number of hydrogen-bond donors (Lipinski definition) is 2. The number of carbonyl (C=O) groups excluding carboxylic acids is 1. The highest BCUT2D eigenvalue weighted by atomic mass is 35.5. The third-order valence-electron chi connectivity index (χ3n) is 3.73. The number of anilines is 1. The molecule has 0 aliphatic rings. The Labute approximate surface area is 175 Å². The van der Waals surface area contributed by atoms with E-state index in [1.807, 2.05) is 37.3 Å². The number of thiocarbonyl (C=S) groups is 1. The van der Waals surface area contributed by atoms with Crippen molar-refractivity contribution in [3.8, 4) is 0 Å². The summed E-state index contributed by atoms with van der Waals surface area (Å²) in [7, 11) is 0. The van der Waals surface area contributed by atoms with Gasteiger partial charge in [0.25, 0.3) is 0 Å². The van der Waals surface area contributed by atoms with E-state index in [4.69, 9.17) is 28.6 Å². The maximum Gasteiger partial charge on any atom is 0.338 e. The lowest BCUT2D eigenvalue weighted by atomic mass is 10.1. The van der Waals surface area contributed by atoms with Gasteiger partial charge >= 0.3 is 5.97 Å². The molecule has 0 unspecified atom stereocenters. The Morgan fingerprint density at radius 3 is 2.74 bits per heavy atom. The normalized spacial score (nSPS) is 10.3. The second kappa shape index (κ2) is 11.2. The first-order valence-corrected chi connectivity index (χ1v) is 10.6. The Kier molecular flexibility index (Phi) is 8.91. The Hall–Kier alpha value is -1.76. The lowest BCUT2D eigenvalue weighted by Crippen LogP contribution is -2.30. The molecule has 0 heterocycles. The summed E-state index contributed by atoms with van der Waals surface area (Å²) < 4.78 is 5.01. The molecule has 0 bridgehead atoms. The van der Waals surface area contributed by atoms with Crippen LogP contribution in [0.5, 0.6) is 0 Å². The van der Waals surface area contributed by atoms with Crippen molar-refractivity contribution in [2.45, 2.75) is 19.6 Å². The van der Waals surface area contributed by atoms with Crippen molar-refractivity contribution in [2.75, 3.05) is 24.2 Å². The van der Waals surface area contributed by atoms with Gasteiger partial charge in [-0.1, -0.05) is 29.8 Å². The van der Waals surface area contributed by atoms with Crippen LogP contribution in [0.25, 0.3) is 0 Å². The SMILES string of the molecule is CCOC(=O)c1ccc(NC(=S)NCCSCc2ccccc2Cl)c(C)c1. The minimum atomic E-state index is -0.316. The van der Waals surface area contributed by atoms with E-state index < -0.39 is 0 Å². The molecule has 0 amide bonds. The zero-order valence-corrected chi connectivity index (χ0v) is 17.8. The number of nitrogens with one attached hydrogen (secondary N) is 2. The summed E-state index contributed by atoms with van der Waals surface area (Å²) >= 11 is 13.3. The number of halogens is 1. The number of carbonyl (C=O) groups is 1. The molecule has 0 aromatic heterocycles. The molecule has 27 heavy (non-hydrogen) atoms. The van der Waals surface area contributed by atoms with E-state index in [0.717, 1.165) is 39.9 Å². The van der Waals surface area contributed by atoms with Crippen LogP contribution in [0.1, 0.15) is 28.4 Å². The van der Waals surface area contributed by atoms with Crippen molar-refractivity contribution in [3.63, 3.8) is 0 Å². The quantitative estimate of drug-likeness (QED) is 0.353. The molecule has 144 valence electrons. The van der Waals surface area contributed by atoms with E-state index in [2.05, 4.69) is 10.6 Å². The van der Waals surface area contributed by atoms with Gasteiger partial charge in [-0.3, -0.25) is 0 Å². The Morgan fingerprint density at radius 2 is 2.04 bits per heavy atom. The number of hydrogen-bond acceptors (Lipinski definition) is 4. The topological polar surface area (TPSA) is 50.4 Å². The number of thioether (sulfide) groups is 1. The number of esters is 1. The van der Waals surface area contributed by atoms with Gasteiger partial charge in [0.1, 0.15) is 0 Å². The molecular weight excluding hydrogens is 400 g/mol. The lowest BCUT2D eigenvalue weighted by molar-refractivity contribution is 0.0526. The Morgan fingerprint density at radius 1 is 1.26 bits per heavy atom. The van der Waals surface area contributed by atoms with Gasteiger partial charge in [0.2, 0.25) is 0 Å². The highest BCUT2D eigenvalue weighted by Crippen LogP contribution is 2.20. The largest absolute Gasteiger partial charge is 0.462 e. The van der Waals surface area contributed by atoms with Crippen LogP contribution in [0.3, 0.4) is 0 Å². The van der Waals surface area contributed by atoms with E-state index in [-0.39, 0.29) is 5.97 Å².